The summed E-state index contributed by atoms with van der Waals surface area (Å²) in [7, 11) is 0. The van der Waals surface area contributed by atoms with Crippen LogP contribution in [0.3, 0.4) is 0 Å². The Hall–Kier alpha value is -3.71. The van der Waals surface area contributed by atoms with Crippen LogP contribution in [0.25, 0.3) is 22.2 Å². The molecule has 5 rings (SSSR count). The molecule has 0 spiro atoms. The fourth-order valence-corrected chi connectivity index (χ4v) is 4.94. The fourth-order valence-electron chi connectivity index (χ4n) is 4.94. The zero-order valence-corrected chi connectivity index (χ0v) is 18.6. The molecule has 0 saturated carbocycles. The summed E-state index contributed by atoms with van der Waals surface area (Å²) >= 11 is 0. The second kappa shape index (κ2) is 7.46. The van der Waals surface area contributed by atoms with E-state index in [9.17, 15) is 10.1 Å². The minimum absolute atomic E-state index is 0.114. The monoisotopic (exact) mass is 419 g/mol. The summed E-state index contributed by atoms with van der Waals surface area (Å²) in [5.74, 6) is 0.114. The van der Waals surface area contributed by atoms with Gasteiger partial charge in [0, 0.05) is 35.7 Å². The van der Waals surface area contributed by atoms with Crippen molar-refractivity contribution in [3.05, 3.63) is 88.7 Å². The van der Waals surface area contributed by atoms with Crippen molar-refractivity contribution in [2.24, 2.45) is 5.41 Å². The normalized spacial score (nSPS) is 14.9. The molecule has 4 nitrogen and oxygen atoms in total. The quantitative estimate of drug-likeness (QED) is 0.404. The number of Topliss-reactive ketones (excluding diaryl/α,β-unsaturated/α-hetero) is 1. The number of nitriles is 1. The number of fused-ring (bicyclic) bond motifs is 2. The molecule has 1 aliphatic carbocycles. The molecule has 0 bridgehead atoms. The fraction of sp³-hybridized carbons (Fsp3) is 0.250. The van der Waals surface area contributed by atoms with Crippen LogP contribution >= 0.6 is 0 Å². The first-order valence-electron chi connectivity index (χ1n) is 11.0. The van der Waals surface area contributed by atoms with Gasteiger partial charge in [-0.25, -0.2) is 4.98 Å². The van der Waals surface area contributed by atoms with Gasteiger partial charge in [-0.15, -0.1) is 0 Å². The highest BCUT2D eigenvalue weighted by Crippen LogP contribution is 2.43. The number of carbonyl (C=O) groups is 1. The molecular weight excluding hydrogens is 394 g/mol. The van der Waals surface area contributed by atoms with E-state index in [1.807, 2.05) is 42.6 Å². The average molecular weight is 420 g/mol. The molecule has 0 radical (unpaired) electrons. The van der Waals surface area contributed by atoms with Gasteiger partial charge in [-0.05, 0) is 35.4 Å². The van der Waals surface area contributed by atoms with Gasteiger partial charge in [-0.2, -0.15) is 5.26 Å². The summed E-state index contributed by atoms with van der Waals surface area (Å²) in [4.78, 5) is 18.5. The van der Waals surface area contributed by atoms with E-state index in [2.05, 4.69) is 49.6 Å². The minimum Gasteiger partial charge on any atom is -0.327 e. The van der Waals surface area contributed by atoms with Gasteiger partial charge in [0.15, 0.2) is 5.78 Å². The summed E-state index contributed by atoms with van der Waals surface area (Å²) in [6.07, 6.45) is 3.10. The Morgan fingerprint density at radius 3 is 2.47 bits per heavy atom. The van der Waals surface area contributed by atoms with Crippen LogP contribution in [0.1, 0.15) is 53.0 Å². The molecule has 0 fully saturated rings. The number of ketones is 1. The van der Waals surface area contributed by atoms with Crippen LogP contribution in [0, 0.1) is 23.7 Å². The van der Waals surface area contributed by atoms with E-state index in [4.69, 9.17) is 4.98 Å². The predicted molar refractivity (Wildman–Crippen MR) is 127 cm³/mol. The van der Waals surface area contributed by atoms with E-state index in [0.717, 1.165) is 45.4 Å². The van der Waals surface area contributed by atoms with Gasteiger partial charge in [0.05, 0.1) is 11.3 Å². The third kappa shape index (κ3) is 3.31. The lowest BCUT2D eigenvalue weighted by atomic mass is 9.73. The summed E-state index contributed by atoms with van der Waals surface area (Å²) in [6, 6.07) is 20.6. The lowest BCUT2D eigenvalue weighted by Crippen LogP contribution is -2.28. The van der Waals surface area contributed by atoms with Crippen LogP contribution < -0.4 is 0 Å². The highest BCUT2D eigenvalue weighted by atomic mass is 16.1. The maximum Gasteiger partial charge on any atom is 0.165 e. The zero-order chi connectivity index (χ0) is 22.5. The highest BCUT2D eigenvalue weighted by molar-refractivity contribution is 6.12. The molecule has 1 aliphatic rings. The number of aromatic nitrogens is 2. The van der Waals surface area contributed by atoms with Crippen molar-refractivity contribution in [1.29, 1.82) is 5.26 Å². The number of benzene rings is 2. The SMILES string of the molecule is Cc1ccccc1-c1c2c(nc3c1c(C#N)cn3Cc1ccccc1)CC(C)(C)CC2=O. The third-order valence-electron chi connectivity index (χ3n) is 6.37. The maximum atomic E-state index is 13.4. The number of hydrogen-bond acceptors (Lipinski definition) is 3. The molecule has 4 aromatic rings. The standard InChI is InChI=1S/C28H25N3O/c1-18-9-7-8-12-21(18)25-24-20(15-29)17-31(16-19-10-5-4-6-11-19)27(24)30-22-13-28(2,3)14-23(32)26(22)25/h4-12,17H,13-14,16H2,1-3H3. The number of hydrogen-bond donors (Lipinski definition) is 0. The molecule has 4 heteroatoms. The van der Waals surface area contributed by atoms with E-state index in [1.165, 1.54) is 0 Å². The van der Waals surface area contributed by atoms with E-state index < -0.39 is 0 Å². The van der Waals surface area contributed by atoms with Crippen molar-refractivity contribution < 1.29 is 4.79 Å². The maximum absolute atomic E-state index is 13.4. The number of pyridine rings is 1. The van der Waals surface area contributed by atoms with Gasteiger partial charge >= 0.3 is 0 Å². The van der Waals surface area contributed by atoms with Crippen molar-refractivity contribution >= 4 is 16.8 Å². The second-order valence-corrected chi connectivity index (χ2v) is 9.53. The number of nitrogens with zero attached hydrogens (tertiary/aromatic N) is 3. The molecule has 0 saturated heterocycles. The molecular formula is C28H25N3O. The Morgan fingerprint density at radius 1 is 1.03 bits per heavy atom. The smallest absolute Gasteiger partial charge is 0.165 e. The number of rotatable bonds is 3. The predicted octanol–water partition coefficient (Wildman–Crippen LogP) is 6.09. The first kappa shape index (κ1) is 20.2. The van der Waals surface area contributed by atoms with Crippen molar-refractivity contribution in [2.75, 3.05) is 0 Å². The Morgan fingerprint density at radius 2 is 1.75 bits per heavy atom. The lowest BCUT2D eigenvalue weighted by molar-refractivity contribution is 0.0911. The van der Waals surface area contributed by atoms with E-state index >= 15 is 0 Å². The summed E-state index contributed by atoms with van der Waals surface area (Å²) in [6.45, 7) is 6.92. The van der Waals surface area contributed by atoms with Crippen LogP contribution in [0.2, 0.25) is 0 Å². The van der Waals surface area contributed by atoms with Gasteiger partial charge in [0.1, 0.15) is 11.7 Å². The van der Waals surface area contributed by atoms with Crippen LogP contribution in [0.5, 0.6) is 0 Å². The molecule has 0 atom stereocenters. The molecule has 2 aromatic heterocycles. The van der Waals surface area contributed by atoms with Crippen molar-refractivity contribution in [1.82, 2.24) is 9.55 Å². The molecule has 0 N–H and O–H groups in total. The molecule has 32 heavy (non-hydrogen) atoms. The molecule has 2 heterocycles. The van der Waals surface area contributed by atoms with Crippen LogP contribution in [-0.4, -0.2) is 15.3 Å². The average Bonchev–Trinajstić information content (AvgIpc) is 3.10. The molecule has 0 aliphatic heterocycles. The molecule has 2 aromatic carbocycles. The van der Waals surface area contributed by atoms with E-state index in [0.29, 0.717) is 24.1 Å². The lowest BCUT2D eigenvalue weighted by Gasteiger charge is -2.31. The van der Waals surface area contributed by atoms with Gasteiger partial charge in [-0.3, -0.25) is 4.79 Å². The van der Waals surface area contributed by atoms with Gasteiger partial charge in [0.25, 0.3) is 0 Å². The Kier molecular flexibility index (Phi) is 4.71. The molecule has 158 valence electrons. The number of carbonyl (C=O) groups excluding carboxylic acids is 1. The Labute approximate surface area is 188 Å². The Bertz CT molecular complexity index is 1400. The van der Waals surface area contributed by atoms with Crippen LogP contribution in [0.15, 0.2) is 60.8 Å². The topological polar surface area (TPSA) is 58.7 Å². The van der Waals surface area contributed by atoms with Crippen LogP contribution in [0.4, 0.5) is 0 Å². The molecule has 0 unspecified atom stereocenters. The van der Waals surface area contributed by atoms with Crippen molar-refractivity contribution in [3.8, 4) is 17.2 Å². The summed E-state index contributed by atoms with van der Waals surface area (Å²) < 4.78 is 2.05. The zero-order valence-electron chi connectivity index (χ0n) is 18.6. The van der Waals surface area contributed by atoms with E-state index in [-0.39, 0.29) is 11.2 Å². The molecule has 0 amide bonds. The van der Waals surface area contributed by atoms with Gasteiger partial charge < -0.3 is 4.57 Å². The minimum atomic E-state index is -0.136. The summed E-state index contributed by atoms with van der Waals surface area (Å²) in [5, 5.41) is 10.8. The third-order valence-corrected chi connectivity index (χ3v) is 6.37. The first-order chi connectivity index (χ1) is 15.4. The number of aryl methyl sites for hydroxylation is 1. The van der Waals surface area contributed by atoms with Gasteiger partial charge in [0.2, 0.25) is 0 Å². The summed E-state index contributed by atoms with van der Waals surface area (Å²) in [5.41, 5.74) is 6.82. The second-order valence-electron chi connectivity index (χ2n) is 9.53. The van der Waals surface area contributed by atoms with E-state index in [1.54, 1.807) is 0 Å². The Balaban J connectivity index is 1.87. The largest absolute Gasteiger partial charge is 0.327 e. The first-order valence-corrected chi connectivity index (χ1v) is 11.0. The highest BCUT2D eigenvalue weighted by Gasteiger charge is 2.36. The van der Waals surface area contributed by atoms with Crippen molar-refractivity contribution in [2.45, 2.75) is 40.2 Å². The van der Waals surface area contributed by atoms with Crippen LogP contribution in [-0.2, 0) is 13.0 Å². The van der Waals surface area contributed by atoms with Gasteiger partial charge in [-0.1, -0.05) is 68.4 Å². The van der Waals surface area contributed by atoms with Crippen molar-refractivity contribution in [3.63, 3.8) is 0 Å².